The van der Waals surface area contributed by atoms with E-state index in [2.05, 4.69) is 132 Å². The molecular weight excluding hydrogens is 1470 g/mol. The molecule has 2 spiro atoms. The minimum atomic E-state index is -3.86. The molecule has 0 bridgehead atoms. The number of hydrogen-bond acceptors (Lipinski definition) is 10. The van der Waals surface area contributed by atoms with E-state index in [1.54, 1.807) is 24.3 Å². The lowest BCUT2D eigenvalue weighted by molar-refractivity contribution is 0.597. The summed E-state index contributed by atoms with van der Waals surface area (Å²) in [5.41, 5.74) is 23.2. The van der Waals surface area contributed by atoms with Crippen LogP contribution in [0.15, 0.2) is 389 Å². The molecule has 0 saturated heterocycles. The Morgan fingerprint density at radius 3 is 0.966 bits per heavy atom. The quantitative estimate of drug-likeness (QED) is 0.158. The first-order chi connectivity index (χ1) is 61.2. The van der Waals surface area contributed by atoms with Gasteiger partial charge in [0.1, 0.15) is 0 Å². The van der Waals surface area contributed by atoms with Gasteiger partial charge in [-0.15, -0.1) is 0 Å². The highest BCUT2D eigenvalue weighted by molar-refractivity contribution is 7.92. The first-order valence-electron chi connectivity index (χ1n) is 42.9. The third-order valence-corrected chi connectivity index (χ3v) is 27.6. The zero-order valence-electron chi connectivity index (χ0n) is 71.2. The highest BCUT2D eigenvalue weighted by atomic mass is 32.2. The molecule has 2 aromatic heterocycles. The lowest BCUT2D eigenvalue weighted by atomic mass is 9.65. The highest BCUT2D eigenvalue weighted by Crippen LogP contribution is 2.68. The van der Waals surface area contributed by atoms with Gasteiger partial charge in [0.15, 0.2) is 34.9 Å². The van der Waals surface area contributed by atoms with Crippen LogP contribution in [0, 0.1) is 6.92 Å². The van der Waals surface area contributed by atoms with E-state index in [0.29, 0.717) is 44.0 Å². The largest absolute Gasteiger partial charge is 0.218 e. The van der Waals surface area contributed by atoms with E-state index in [1.807, 2.05) is 164 Å². The predicted molar refractivity (Wildman–Crippen MR) is 462 cm³/mol. The third kappa shape index (κ3) is 9.83. The average molecular weight is 1550 g/mol. The molecule has 0 saturated carbocycles. The second-order valence-electron chi connectivity index (χ2n) is 29.9. The molecule has 16 aromatic carbocycles. The Morgan fingerprint density at radius 1 is 0.231 bits per heavy atom. The van der Waals surface area contributed by atoms with Crippen LogP contribution >= 0.6 is 0 Å². The first kappa shape index (κ1) is 59.2. The van der Waals surface area contributed by atoms with Gasteiger partial charge < -0.3 is 0 Å². The summed E-state index contributed by atoms with van der Waals surface area (Å²) in [6.07, 6.45) is 0. The number of rotatable bonds is 6. The molecule has 12 heteroatoms. The van der Waals surface area contributed by atoms with Gasteiger partial charge in [-0.3, -0.25) is 0 Å². The van der Waals surface area contributed by atoms with Gasteiger partial charge in [0.05, 0.1) is 42.7 Å². The van der Waals surface area contributed by atoms with E-state index in [0.717, 1.165) is 139 Å². The Bertz CT molecular complexity index is 7980. The summed E-state index contributed by atoms with van der Waals surface area (Å²) in [7, 11) is -7.58. The van der Waals surface area contributed by atoms with Crippen molar-refractivity contribution in [1.29, 1.82) is 0 Å². The van der Waals surface area contributed by atoms with Gasteiger partial charge in [-0.05, 0) is 161 Å². The summed E-state index contributed by atoms with van der Waals surface area (Å²) < 4.78 is 135. The van der Waals surface area contributed by atoms with Crippen molar-refractivity contribution in [2.75, 3.05) is 0 Å². The summed E-state index contributed by atoms with van der Waals surface area (Å²) in [6, 6.07) is 100. The molecule has 10 nitrogen and oxygen atoms in total. The lowest BCUT2D eigenvalue weighted by Crippen LogP contribution is -2.29. The number of aromatic nitrogens is 6. The van der Waals surface area contributed by atoms with Crippen LogP contribution < -0.4 is 0 Å². The molecule has 18 aromatic rings. The van der Waals surface area contributed by atoms with Crippen molar-refractivity contribution >= 4 is 19.7 Å². The molecule has 2 atom stereocenters. The Hall–Kier alpha value is -14.6. The minimum Gasteiger partial charge on any atom is -0.218 e. The van der Waals surface area contributed by atoms with E-state index < -0.39 is 72.8 Å². The third-order valence-electron chi connectivity index (χ3n) is 23.9. The van der Waals surface area contributed by atoms with Crippen LogP contribution in [0.3, 0.4) is 0 Å². The van der Waals surface area contributed by atoms with Gasteiger partial charge in [0, 0.05) is 55.6 Å². The van der Waals surface area contributed by atoms with Crippen LogP contribution in [-0.2, 0) is 30.5 Å². The summed E-state index contributed by atoms with van der Waals surface area (Å²) in [5.74, 6) is 1.17. The zero-order chi connectivity index (χ0) is 85.9. The number of hydrogen-bond donors (Lipinski definition) is 0. The molecule has 0 amide bonds. The van der Waals surface area contributed by atoms with E-state index in [4.69, 9.17) is 37.3 Å². The van der Waals surface area contributed by atoms with Crippen molar-refractivity contribution in [2.24, 2.45) is 0 Å². The van der Waals surface area contributed by atoms with Crippen molar-refractivity contribution in [3.63, 3.8) is 0 Å². The van der Waals surface area contributed by atoms with Gasteiger partial charge in [0.25, 0.3) is 0 Å². The Balaban J connectivity index is 0.000000147. The standard InChI is InChI=1S/C53H33N3O2S.C52H31N3O2S/c1-32-14-13-17-34(30-32)51-54-50(33-15-3-2-4-16-33)55-52(56-51)35-26-27-39-37-19-6-5-18-36(37)38-20-7-10-23-42(38)53(45(39)31-35)43-24-11-8-21-40(43)48-44(53)28-29-47-49(48)41-22-9-12-25-46(41)59(47,57)58;56-58(57)45-26-14-11-23-40(45)48-46(58)30-29-43-47(48)39-22-10-13-25-42(39)52(43)41-24-12-9-21-37(41)35-19-7-8-20-36(35)38-28-27-34(31-44(38)52)51-54-49(32-15-3-1-4-16-32)53-50(55-51)33-17-5-2-6-18-33/h2-31H,1H3;1-31H/i2D,3D,4D,13D,14D,15D,16D,17D,30D;. The Labute approximate surface area is 689 Å². The van der Waals surface area contributed by atoms with Crippen LogP contribution in [0.25, 0.3) is 157 Å². The maximum Gasteiger partial charge on any atom is 0.207 e. The smallest absolute Gasteiger partial charge is 0.207 e. The molecule has 4 heterocycles. The fourth-order valence-electron chi connectivity index (χ4n) is 19.2. The molecule has 2 aliphatic heterocycles. The van der Waals surface area contributed by atoms with Crippen molar-refractivity contribution in [2.45, 2.75) is 37.3 Å². The van der Waals surface area contributed by atoms with E-state index >= 15 is 0 Å². The second kappa shape index (κ2) is 25.7. The van der Waals surface area contributed by atoms with E-state index in [9.17, 15) is 16.8 Å². The van der Waals surface area contributed by atoms with E-state index in [1.165, 1.54) is 6.92 Å². The lowest BCUT2D eigenvalue weighted by Gasteiger charge is -2.35. The Kier molecular flexibility index (Phi) is 13.0. The highest BCUT2D eigenvalue weighted by Gasteiger charge is 2.55. The minimum absolute atomic E-state index is 0.0148. The normalized spacial score (nSPS) is 17.0. The molecular formula is C105H64N6O4S2. The number of sulfone groups is 2. The topological polar surface area (TPSA) is 146 Å². The van der Waals surface area contributed by atoms with Crippen LogP contribution in [0.4, 0.5) is 0 Å². The molecule has 550 valence electrons. The summed E-state index contributed by atoms with van der Waals surface area (Å²) >= 11 is 0. The van der Waals surface area contributed by atoms with E-state index in [-0.39, 0.29) is 56.0 Å². The summed E-state index contributed by atoms with van der Waals surface area (Å²) in [4.78, 5) is 30.8. The molecule has 2 unspecified atom stereocenters. The SMILES string of the molecule is O=S1(=O)c2ccccc2-c2c1ccc1c2-c2ccccc2C12c1ccccc1-c1ccccc1-c1ccc(-c3nc(-c4ccccc4)nc(-c4ccccc4)n3)cc12.[2H]c1c([2H])c([2H])c(-c2nc(-c3ccc4c(c3)C3(c5ccccc5-c5ccccc5-4)c4ccccc4-c4c3ccc3c4-c4ccccc4S3(=O)=O)nc(-c3c([2H])c([2H])c([2H])c(C)c3[2H])n2)c([2H])c1[2H]. The molecule has 0 N–H and O–H groups in total. The van der Waals surface area contributed by atoms with Crippen molar-refractivity contribution in [3.05, 3.63) is 420 Å². The second-order valence-corrected chi connectivity index (χ2v) is 33.6. The fraction of sp³-hybridized carbons (Fsp3) is 0.0286. The molecule has 0 fully saturated rings. The average Bonchev–Trinajstić information content (AvgIpc) is 1.50. The van der Waals surface area contributed by atoms with Gasteiger partial charge in [0.2, 0.25) is 19.7 Å². The van der Waals surface area contributed by atoms with Crippen molar-refractivity contribution in [3.8, 4) is 157 Å². The molecule has 0 radical (unpaired) electrons. The first-order valence-corrected chi connectivity index (χ1v) is 41.4. The molecule has 24 rings (SSSR count). The number of nitrogens with zero attached hydrogens (tertiary/aromatic N) is 6. The Morgan fingerprint density at radius 2 is 0.547 bits per heavy atom. The zero-order valence-corrected chi connectivity index (χ0v) is 63.8. The van der Waals surface area contributed by atoms with Gasteiger partial charge >= 0.3 is 0 Å². The fourth-order valence-corrected chi connectivity index (χ4v) is 22.6. The van der Waals surface area contributed by atoms with Gasteiger partial charge in [-0.25, -0.2) is 46.7 Å². The van der Waals surface area contributed by atoms with Crippen LogP contribution in [-0.4, -0.2) is 46.7 Å². The summed E-state index contributed by atoms with van der Waals surface area (Å²) in [6.45, 7) is 1.49. The van der Waals surface area contributed by atoms with Crippen LogP contribution in [0.1, 0.15) is 62.4 Å². The molecule has 4 aliphatic carbocycles. The van der Waals surface area contributed by atoms with Gasteiger partial charge in [-0.1, -0.05) is 333 Å². The maximum absolute atomic E-state index is 14.3. The molecule has 117 heavy (non-hydrogen) atoms. The maximum atomic E-state index is 14.3. The van der Waals surface area contributed by atoms with Crippen LogP contribution in [0.5, 0.6) is 0 Å². The predicted octanol–water partition coefficient (Wildman–Crippen LogP) is 23.7. The number of fused-ring (bicyclic) bond motifs is 32. The molecule has 6 aliphatic rings. The van der Waals surface area contributed by atoms with Crippen molar-refractivity contribution < 1.29 is 29.2 Å². The van der Waals surface area contributed by atoms with Gasteiger partial charge in [-0.2, -0.15) is 0 Å². The summed E-state index contributed by atoms with van der Waals surface area (Å²) in [5, 5.41) is 0. The monoisotopic (exact) mass is 1550 g/mol. The van der Waals surface area contributed by atoms with Crippen molar-refractivity contribution in [1.82, 2.24) is 29.9 Å². The van der Waals surface area contributed by atoms with Crippen LogP contribution in [0.2, 0.25) is 0 Å². The number of benzene rings is 16.